The standard InChI is InChI=1S/C13H22N2O3/c1-15(8-9-5-6-9)13(18)14-7-10-3-2-4-11(10)12(16)17/h9-11H,2-8H2,1H3,(H,14,18)(H,16,17). The quantitative estimate of drug-likeness (QED) is 0.782. The van der Waals surface area contributed by atoms with Crippen LogP contribution in [0.4, 0.5) is 4.79 Å². The van der Waals surface area contributed by atoms with Gasteiger partial charge in [0.15, 0.2) is 0 Å². The number of carbonyl (C=O) groups is 2. The van der Waals surface area contributed by atoms with Gasteiger partial charge in [0.05, 0.1) is 5.92 Å². The van der Waals surface area contributed by atoms with Gasteiger partial charge in [-0.05, 0) is 37.5 Å². The summed E-state index contributed by atoms with van der Waals surface area (Å²) in [6.45, 7) is 1.31. The van der Waals surface area contributed by atoms with E-state index in [1.807, 2.05) is 0 Å². The Bertz CT molecular complexity index is 328. The second-order valence-electron chi connectivity index (χ2n) is 5.65. The third kappa shape index (κ3) is 3.37. The van der Waals surface area contributed by atoms with Crippen LogP contribution < -0.4 is 5.32 Å². The number of nitrogens with one attached hydrogen (secondary N) is 1. The van der Waals surface area contributed by atoms with Gasteiger partial charge in [0.2, 0.25) is 0 Å². The Morgan fingerprint density at radius 3 is 2.61 bits per heavy atom. The normalized spacial score (nSPS) is 26.9. The molecule has 102 valence electrons. The molecule has 5 heteroatoms. The fraction of sp³-hybridized carbons (Fsp3) is 0.846. The first-order valence-electron chi connectivity index (χ1n) is 6.79. The van der Waals surface area contributed by atoms with E-state index in [-0.39, 0.29) is 17.9 Å². The predicted octanol–water partition coefficient (Wildman–Crippen LogP) is 1.54. The Kier molecular flexibility index (Phi) is 4.09. The lowest BCUT2D eigenvalue weighted by atomic mass is 9.96. The van der Waals surface area contributed by atoms with Crippen molar-refractivity contribution in [3.63, 3.8) is 0 Å². The van der Waals surface area contributed by atoms with Gasteiger partial charge in [-0.2, -0.15) is 0 Å². The summed E-state index contributed by atoms with van der Waals surface area (Å²) in [7, 11) is 1.80. The summed E-state index contributed by atoms with van der Waals surface area (Å²) in [5.41, 5.74) is 0. The summed E-state index contributed by atoms with van der Waals surface area (Å²) in [4.78, 5) is 24.5. The Morgan fingerprint density at radius 1 is 1.28 bits per heavy atom. The van der Waals surface area contributed by atoms with Gasteiger partial charge in [0.25, 0.3) is 0 Å². The zero-order chi connectivity index (χ0) is 13.1. The van der Waals surface area contributed by atoms with E-state index in [0.717, 1.165) is 25.8 Å². The summed E-state index contributed by atoms with van der Waals surface area (Å²) in [6.07, 6.45) is 5.05. The van der Waals surface area contributed by atoms with E-state index >= 15 is 0 Å². The van der Waals surface area contributed by atoms with Crippen LogP contribution in [-0.4, -0.2) is 42.1 Å². The molecule has 0 spiro atoms. The van der Waals surface area contributed by atoms with Gasteiger partial charge in [-0.3, -0.25) is 4.79 Å². The van der Waals surface area contributed by atoms with Gasteiger partial charge in [0, 0.05) is 20.1 Å². The molecule has 2 rings (SSSR count). The number of hydrogen-bond acceptors (Lipinski definition) is 2. The molecular formula is C13H22N2O3. The molecule has 0 aliphatic heterocycles. The van der Waals surface area contributed by atoms with Crippen molar-refractivity contribution in [2.45, 2.75) is 32.1 Å². The number of urea groups is 1. The zero-order valence-corrected chi connectivity index (χ0v) is 10.9. The minimum absolute atomic E-state index is 0.0714. The first kappa shape index (κ1) is 13.2. The van der Waals surface area contributed by atoms with Crippen LogP contribution in [0.5, 0.6) is 0 Å². The summed E-state index contributed by atoms with van der Waals surface area (Å²) in [5.74, 6) is -0.225. The third-order valence-corrected chi connectivity index (χ3v) is 4.07. The van der Waals surface area contributed by atoms with Gasteiger partial charge in [-0.15, -0.1) is 0 Å². The molecule has 0 bridgehead atoms. The van der Waals surface area contributed by atoms with E-state index < -0.39 is 5.97 Å². The largest absolute Gasteiger partial charge is 0.481 e. The summed E-state index contributed by atoms with van der Waals surface area (Å²) in [5, 5.41) is 11.9. The molecule has 0 aromatic carbocycles. The van der Waals surface area contributed by atoms with Crippen molar-refractivity contribution in [1.82, 2.24) is 10.2 Å². The highest BCUT2D eigenvalue weighted by Gasteiger charge is 2.33. The van der Waals surface area contributed by atoms with E-state index in [2.05, 4.69) is 5.32 Å². The summed E-state index contributed by atoms with van der Waals surface area (Å²) in [6, 6.07) is -0.0714. The van der Waals surface area contributed by atoms with E-state index in [1.54, 1.807) is 11.9 Å². The minimum Gasteiger partial charge on any atom is -0.481 e. The predicted molar refractivity (Wildman–Crippen MR) is 67.2 cm³/mol. The van der Waals surface area contributed by atoms with Crippen molar-refractivity contribution in [2.75, 3.05) is 20.1 Å². The molecule has 0 aromatic rings. The van der Waals surface area contributed by atoms with Crippen LogP contribution in [0.3, 0.4) is 0 Å². The highest BCUT2D eigenvalue weighted by Crippen LogP contribution is 2.31. The van der Waals surface area contributed by atoms with Crippen LogP contribution in [0.15, 0.2) is 0 Å². The van der Waals surface area contributed by atoms with Gasteiger partial charge >= 0.3 is 12.0 Å². The number of amides is 2. The van der Waals surface area contributed by atoms with Crippen molar-refractivity contribution in [3.8, 4) is 0 Å². The maximum Gasteiger partial charge on any atom is 0.317 e. The topological polar surface area (TPSA) is 69.6 Å². The molecular weight excluding hydrogens is 232 g/mol. The van der Waals surface area contributed by atoms with Gasteiger partial charge in [0.1, 0.15) is 0 Å². The number of carboxylic acid groups (broad SMARTS) is 1. The number of nitrogens with zero attached hydrogens (tertiary/aromatic N) is 1. The monoisotopic (exact) mass is 254 g/mol. The third-order valence-electron chi connectivity index (χ3n) is 4.07. The van der Waals surface area contributed by atoms with Crippen LogP contribution in [0.25, 0.3) is 0 Å². The molecule has 2 fully saturated rings. The van der Waals surface area contributed by atoms with E-state index in [1.165, 1.54) is 12.8 Å². The number of aliphatic carboxylic acids is 1. The molecule has 2 aliphatic carbocycles. The fourth-order valence-electron chi connectivity index (χ4n) is 2.73. The zero-order valence-electron chi connectivity index (χ0n) is 10.9. The smallest absolute Gasteiger partial charge is 0.317 e. The molecule has 2 saturated carbocycles. The number of hydrogen-bond donors (Lipinski definition) is 2. The van der Waals surface area contributed by atoms with Crippen molar-refractivity contribution < 1.29 is 14.7 Å². The Hall–Kier alpha value is -1.26. The SMILES string of the molecule is CN(CC1CC1)C(=O)NCC1CCCC1C(=O)O. The van der Waals surface area contributed by atoms with E-state index in [4.69, 9.17) is 5.11 Å². The highest BCUT2D eigenvalue weighted by atomic mass is 16.4. The number of rotatable bonds is 5. The Balaban J connectivity index is 1.72. The van der Waals surface area contributed by atoms with Crippen molar-refractivity contribution in [1.29, 1.82) is 0 Å². The first-order chi connectivity index (χ1) is 8.58. The van der Waals surface area contributed by atoms with E-state index in [9.17, 15) is 9.59 Å². The van der Waals surface area contributed by atoms with Crippen LogP contribution in [-0.2, 0) is 4.79 Å². The van der Waals surface area contributed by atoms with Crippen LogP contribution in [0.2, 0.25) is 0 Å². The summed E-state index contributed by atoms with van der Waals surface area (Å²) < 4.78 is 0. The molecule has 0 heterocycles. The van der Waals surface area contributed by atoms with Crippen LogP contribution >= 0.6 is 0 Å². The molecule has 18 heavy (non-hydrogen) atoms. The molecule has 2 atom stereocenters. The summed E-state index contributed by atoms with van der Waals surface area (Å²) >= 11 is 0. The number of carbonyl (C=O) groups excluding carboxylic acids is 1. The maximum absolute atomic E-state index is 11.8. The van der Waals surface area contributed by atoms with E-state index in [0.29, 0.717) is 12.5 Å². The molecule has 2 amide bonds. The maximum atomic E-state index is 11.8. The molecule has 0 aromatic heterocycles. The molecule has 0 saturated heterocycles. The number of carboxylic acids is 1. The lowest BCUT2D eigenvalue weighted by molar-refractivity contribution is -0.142. The van der Waals surface area contributed by atoms with Crippen molar-refractivity contribution in [2.24, 2.45) is 17.8 Å². The van der Waals surface area contributed by atoms with Gasteiger partial charge in [-0.25, -0.2) is 4.79 Å². The average Bonchev–Trinajstić information content (AvgIpc) is 3.00. The van der Waals surface area contributed by atoms with Crippen LogP contribution in [0, 0.1) is 17.8 Å². The second-order valence-corrected chi connectivity index (χ2v) is 5.65. The molecule has 2 unspecified atom stereocenters. The average molecular weight is 254 g/mol. The molecule has 2 aliphatic rings. The highest BCUT2D eigenvalue weighted by molar-refractivity contribution is 5.74. The van der Waals surface area contributed by atoms with Crippen molar-refractivity contribution in [3.05, 3.63) is 0 Å². The molecule has 5 nitrogen and oxygen atoms in total. The minimum atomic E-state index is -0.724. The van der Waals surface area contributed by atoms with Gasteiger partial charge < -0.3 is 15.3 Å². The Labute approximate surface area is 108 Å². The van der Waals surface area contributed by atoms with Crippen molar-refractivity contribution >= 4 is 12.0 Å². The molecule has 0 radical (unpaired) electrons. The Morgan fingerprint density at radius 2 is 2.00 bits per heavy atom. The van der Waals surface area contributed by atoms with Gasteiger partial charge in [-0.1, -0.05) is 6.42 Å². The first-order valence-corrected chi connectivity index (χ1v) is 6.79. The molecule has 2 N–H and O–H groups in total. The van der Waals surface area contributed by atoms with Crippen LogP contribution in [0.1, 0.15) is 32.1 Å². The second kappa shape index (κ2) is 5.59. The fourth-order valence-corrected chi connectivity index (χ4v) is 2.73. The lowest BCUT2D eigenvalue weighted by Crippen LogP contribution is -2.41. The lowest BCUT2D eigenvalue weighted by Gasteiger charge is -2.21.